The van der Waals surface area contributed by atoms with Crippen LogP contribution in [0.2, 0.25) is 0 Å². The summed E-state index contributed by atoms with van der Waals surface area (Å²) >= 11 is 0. The molecule has 0 bridgehead atoms. The molecule has 1 aromatic carbocycles. The molecule has 25 heavy (non-hydrogen) atoms. The number of hydrogen-bond acceptors (Lipinski definition) is 4. The first-order valence-electron chi connectivity index (χ1n) is 7.32. The summed E-state index contributed by atoms with van der Waals surface area (Å²) < 4.78 is 63.2. The molecule has 4 nitrogen and oxygen atoms in total. The van der Waals surface area contributed by atoms with Gasteiger partial charge >= 0.3 is 6.18 Å². The molecule has 0 spiro atoms. The van der Waals surface area contributed by atoms with Gasteiger partial charge in [-0.15, -0.1) is 0 Å². The summed E-state index contributed by atoms with van der Waals surface area (Å²) in [7, 11) is 0. The quantitative estimate of drug-likeness (QED) is 0.253. The molecule has 134 valence electrons. The Kier molecular flexibility index (Phi) is 5.73. The summed E-state index contributed by atoms with van der Waals surface area (Å²) in [5, 5.41) is 0. The van der Waals surface area contributed by atoms with Crippen molar-refractivity contribution in [3.05, 3.63) is 46.9 Å². The number of ether oxygens (including phenoxy) is 2. The van der Waals surface area contributed by atoms with Crippen LogP contribution in [0.5, 0.6) is 5.75 Å². The van der Waals surface area contributed by atoms with E-state index in [9.17, 15) is 22.4 Å². The number of aromatic nitrogens is 1. The fraction of sp³-hybridized carbons (Fsp3) is 0.294. The zero-order valence-corrected chi connectivity index (χ0v) is 13.5. The molecule has 0 atom stereocenters. The third-order valence-electron chi connectivity index (χ3n) is 3.39. The maximum absolute atomic E-state index is 13.8. The van der Waals surface area contributed by atoms with E-state index in [1.807, 2.05) is 0 Å². The number of nitrogens with zero attached hydrogens (tertiary/aromatic N) is 1. The van der Waals surface area contributed by atoms with Gasteiger partial charge in [0.25, 0.3) is 0 Å². The van der Waals surface area contributed by atoms with Crippen molar-refractivity contribution in [2.75, 3.05) is 13.4 Å². The van der Waals surface area contributed by atoms with Crippen LogP contribution in [-0.2, 0) is 10.9 Å². The first kappa shape index (κ1) is 18.9. The van der Waals surface area contributed by atoms with Gasteiger partial charge in [0.1, 0.15) is 5.75 Å². The van der Waals surface area contributed by atoms with E-state index in [0.29, 0.717) is 12.9 Å². The highest BCUT2D eigenvalue weighted by Gasteiger charge is 2.32. The summed E-state index contributed by atoms with van der Waals surface area (Å²) in [5.41, 5.74) is -0.688. The molecule has 0 aliphatic carbocycles. The Morgan fingerprint density at radius 2 is 1.96 bits per heavy atom. The average Bonchev–Trinajstić information content (AvgIpc) is 2.54. The highest BCUT2D eigenvalue weighted by atomic mass is 19.4. The predicted octanol–water partition coefficient (Wildman–Crippen LogP) is 4.40. The maximum Gasteiger partial charge on any atom is 0.416 e. The minimum Gasteiger partial charge on any atom is -0.467 e. The van der Waals surface area contributed by atoms with Crippen LogP contribution >= 0.6 is 0 Å². The zero-order chi connectivity index (χ0) is 18.6. The SMILES string of the molecule is CCOCOc1cc(C(F)(F)F)cc(C)c1-c1ccc(C=O)c(F)n1. The Bertz CT molecular complexity index is 775. The summed E-state index contributed by atoms with van der Waals surface area (Å²) in [6.45, 7) is 3.19. The Balaban J connectivity index is 2.58. The van der Waals surface area contributed by atoms with Crippen molar-refractivity contribution in [2.24, 2.45) is 0 Å². The van der Waals surface area contributed by atoms with E-state index in [0.717, 1.165) is 12.1 Å². The molecule has 8 heteroatoms. The van der Waals surface area contributed by atoms with Crippen LogP contribution in [0.4, 0.5) is 17.6 Å². The number of hydrogen-bond donors (Lipinski definition) is 0. The van der Waals surface area contributed by atoms with Gasteiger partial charge in [0.05, 0.1) is 16.8 Å². The van der Waals surface area contributed by atoms with Crippen molar-refractivity contribution < 1.29 is 31.8 Å². The second-order valence-corrected chi connectivity index (χ2v) is 5.11. The van der Waals surface area contributed by atoms with E-state index in [1.165, 1.54) is 19.1 Å². The number of aldehydes is 1. The number of rotatable bonds is 6. The van der Waals surface area contributed by atoms with E-state index in [-0.39, 0.29) is 34.9 Å². The van der Waals surface area contributed by atoms with Crippen molar-refractivity contribution >= 4 is 6.29 Å². The first-order chi connectivity index (χ1) is 11.8. The molecule has 0 saturated carbocycles. The highest BCUT2D eigenvalue weighted by Crippen LogP contribution is 2.39. The lowest BCUT2D eigenvalue weighted by Crippen LogP contribution is -2.09. The third kappa shape index (κ3) is 4.33. The van der Waals surface area contributed by atoms with E-state index in [2.05, 4.69) is 4.98 Å². The number of halogens is 4. The first-order valence-corrected chi connectivity index (χ1v) is 7.32. The average molecular weight is 357 g/mol. The molecule has 1 aromatic heterocycles. The molecule has 0 amide bonds. The minimum absolute atomic E-state index is 0.0563. The zero-order valence-electron chi connectivity index (χ0n) is 13.5. The minimum atomic E-state index is -4.56. The number of carbonyl (C=O) groups excluding carboxylic acids is 1. The molecule has 0 aliphatic heterocycles. The van der Waals surface area contributed by atoms with Crippen LogP contribution < -0.4 is 4.74 Å². The third-order valence-corrected chi connectivity index (χ3v) is 3.39. The molecule has 0 fully saturated rings. The fourth-order valence-electron chi connectivity index (χ4n) is 2.22. The van der Waals surface area contributed by atoms with Crippen LogP contribution in [0.3, 0.4) is 0 Å². The van der Waals surface area contributed by atoms with Crippen LogP contribution in [0.15, 0.2) is 24.3 Å². The number of aryl methyl sites for hydroxylation is 1. The van der Waals surface area contributed by atoms with E-state index in [1.54, 1.807) is 6.92 Å². The molecule has 2 rings (SSSR count). The van der Waals surface area contributed by atoms with Gasteiger partial charge in [-0.25, -0.2) is 4.98 Å². The van der Waals surface area contributed by atoms with Gasteiger partial charge in [-0.2, -0.15) is 17.6 Å². The summed E-state index contributed by atoms with van der Waals surface area (Å²) in [5.74, 6) is -1.14. The van der Waals surface area contributed by atoms with Crippen molar-refractivity contribution in [2.45, 2.75) is 20.0 Å². The standard InChI is InChI=1S/C17H15F4NO3/c1-3-24-9-25-14-7-12(17(19,20)21)6-10(2)15(14)13-5-4-11(8-23)16(18)22-13/h4-8H,3,9H2,1-2H3. The monoisotopic (exact) mass is 357 g/mol. The van der Waals surface area contributed by atoms with E-state index in [4.69, 9.17) is 9.47 Å². The number of pyridine rings is 1. The fourth-order valence-corrected chi connectivity index (χ4v) is 2.22. The number of alkyl halides is 3. The topological polar surface area (TPSA) is 48.4 Å². The molecule has 2 aromatic rings. The molecular weight excluding hydrogens is 342 g/mol. The molecule has 0 aliphatic rings. The van der Waals surface area contributed by atoms with Crippen LogP contribution in [0.1, 0.15) is 28.4 Å². The summed E-state index contributed by atoms with van der Waals surface area (Å²) in [4.78, 5) is 14.3. The van der Waals surface area contributed by atoms with Crippen LogP contribution in [0, 0.1) is 12.9 Å². The largest absolute Gasteiger partial charge is 0.467 e. The van der Waals surface area contributed by atoms with E-state index >= 15 is 0 Å². The van der Waals surface area contributed by atoms with Gasteiger partial charge in [-0.05, 0) is 43.7 Å². The second-order valence-electron chi connectivity index (χ2n) is 5.11. The molecule has 1 heterocycles. The van der Waals surface area contributed by atoms with Gasteiger partial charge in [0.2, 0.25) is 5.95 Å². The Morgan fingerprint density at radius 1 is 1.24 bits per heavy atom. The van der Waals surface area contributed by atoms with Gasteiger partial charge in [0, 0.05) is 12.2 Å². The highest BCUT2D eigenvalue weighted by molar-refractivity contribution is 5.77. The Labute approximate surface area is 141 Å². The molecule has 0 N–H and O–H groups in total. The lowest BCUT2D eigenvalue weighted by molar-refractivity contribution is -0.137. The molecule has 0 saturated heterocycles. The Morgan fingerprint density at radius 3 is 2.52 bits per heavy atom. The summed E-state index contributed by atoms with van der Waals surface area (Å²) in [6.07, 6.45) is -4.26. The van der Waals surface area contributed by atoms with Crippen molar-refractivity contribution in [3.8, 4) is 17.0 Å². The lowest BCUT2D eigenvalue weighted by atomic mass is 10.00. The van der Waals surface area contributed by atoms with E-state index < -0.39 is 17.7 Å². The van der Waals surface area contributed by atoms with Crippen molar-refractivity contribution in [1.29, 1.82) is 0 Å². The number of benzene rings is 1. The van der Waals surface area contributed by atoms with Crippen LogP contribution in [0.25, 0.3) is 11.3 Å². The van der Waals surface area contributed by atoms with Gasteiger partial charge in [0.15, 0.2) is 13.1 Å². The maximum atomic E-state index is 13.8. The van der Waals surface area contributed by atoms with Gasteiger partial charge in [-0.3, -0.25) is 4.79 Å². The molecule has 0 unspecified atom stereocenters. The lowest BCUT2D eigenvalue weighted by Gasteiger charge is -2.17. The van der Waals surface area contributed by atoms with Crippen molar-refractivity contribution in [3.63, 3.8) is 0 Å². The van der Waals surface area contributed by atoms with Gasteiger partial charge < -0.3 is 9.47 Å². The normalized spacial score (nSPS) is 11.4. The molecular formula is C17H15F4NO3. The smallest absolute Gasteiger partial charge is 0.416 e. The predicted molar refractivity (Wildman–Crippen MR) is 81.9 cm³/mol. The van der Waals surface area contributed by atoms with Gasteiger partial charge in [-0.1, -0.05) is 0 Å². The Hall–Kier alpha value is -2.48. The molecule has 0 radical (unpaired) electrons. The summed E-state index contributed by atoms with van der Waals surface area (Å²) in [6, 6.07) is 4.29. The second kappa shape index (κ2) is 7.60. The van der Waals surface area contributed by atoms with Crippen LogP contribution in [-0.4, -0.2) is 24.7 Å². The number of carbonyl (C=O) groups is 1. The van der Waals surface area contributed by atoms with Crippen molar-refractivity contribution in [1.82, 2.24) is 4.98 Å².